The van der Waals surface area contributed by atoms with Crippen LogP contribution in [0.4, 0.5) is 0 Å². The van der Waals surface area contributed by atoms with Crippen molar-refractivity contribution in [2.75, 3.05) is 0 Å². The van der Waals surface area contributed by atoms with Gasteiger partial charge in [0.1, 0.15) is 0 Å². The number of rotatable bonds is 0. The van der Waals surface area contributed by atoms with E-state index in [-0.39, 0.29) is 75.9 Å². The molecule has 0 radical (unpaired) electrons. The fourth-order valence-electron chi connectivity index (χ4n) is 0. The summed E-state index contributed by atoms with van der Waals surface area (Å²) < 4.78 is 0. The molecule has 0 N–H and O–H groups in total. The predicted molar refractivity (Wildman–Crippen MR) is 7.81 cm³/mol. The van der Waals surface area contributed by atoms with Crippen LogP contribution >= 0.6 is 0 Å². The molecular weight excluding hydrogens is 136 g/mol. The van der Waals surface area contributed by atoms with E-state index in [1.807, 2.05) is 0 Å². The van der Waals surface area contributed by atoms with Crippen LogP contribution in [0.1, 0.15) is 0 Å². The molecule has 24 valence electrons. The third-order valence-corrected chi connectivity index (χ3v) is 0. The summed E-state index contributed by atoms with van der Waals surface area (Å²) >= 11 is 0. The molecule has 0 saturated carbocycles. The summed E-state index contributed by atoms with van der Waals surface area (Å²) in [5.74, 6) is 0. The van der Waals surface area contributed by atoms with Crippen molar-refractivity contribution in [1.29, 1.82) is 0 Å². The van der Waals surface area contributed by atoms with Crippen LogP contribution in [0, 0.1) is 0 Å². The second-order valence-electron chi connectivity index (χ2n) is 0. The van der Waals surface area contributed by atoms with Gasteiger partial charge in [-0.05, 0) is 0 Å². The van der Waals surface area contributed by atoms with Crippen LogP contribution in [0.25, 0.3) is 0 Å². The zero-order valence-corrected chi connectivity index (χ0v) is 6.20. The van der Waals surface area contributed by atoms with Crippen LogP contribution < -0.4 is 0 Å². The smallest absolute Gasteiger partial charge is 2.00 e. The number of hydrogen-bond acceptors (Lipinski definition) is 0. The van der Waals surface area contributed by atoms with Gasteiger partial charge in [0.05, 0.1) is 0 Å². The topological polar surface area (TPSA) is 85.5 Å². The van der Waals surface area contributed by atoms with Gasteiger partial charge in [-0.15, -0.1) is 0 Å². The standard InChI is InChI=1S/Ca.3O.Ti/q+2;3*-2;+4. The van der Waals surface area contributed by atoms with Crippen LogP contribution in [0.15, 0.2) is 0 Å². The third kappa shape index (κ3) is 25.3. The van der Waals surface area contributed by atoms with E-state index in [2.05, 4.69) is 0 Å². The molecule has 0 aliphatic carbocycles. The number of hydrogen-bond donors (Lipinski definition) is 0. The molecule has 0 aromatic heterocycles. The van der Waals surface area contributed by atoms with Gasteiger partial charge in [-0.2, -0.15) is 0 Å². The van der Waals surface area contributed by atoms with Gasteiger partial charge in [-0.3, -0.25) is 0 Å². The SMILES string of the molecule is [Ca+2].[O-2].[O-2].[O-2].[Ti+4]. The van der Waals surface area contributed by atoms with Gasteiger partial charge in [0.25, 0.3) is 0 Å². The minimum atomic E-state index is 0. The molecule has 0 aromatic carbocycles. The Balaban J connectivity index is 0. The molecule has 0 heterocycles. The summed E-state index contributed by atoms with van der Waals surface area (Å²) in [4.78, 5) is 0. The molecule has 0 bridgehead atoms. The molecule has 0 rings (SSSR count). The van der Waals surface area contributed by atoms with Gasteiger partial charge >= 0.3 is 59.5 Å². The first kappa shape index (κ1) is 68.3. The average Bonchev–Trinajstić information content (AvgIpc) is 0. The Hall–Kier alpha value is 1.85. The van der Waals surface area contributed by atoms with Crippen LogP contribution in [0.3, 0.4) is 0 Å². The van der Waals surface area contributed by atoms with Gasteiger partial charge in [0.15, 0.2) is 0 Å². The normalized spacial score (nSPS) is 0. The van der Waals surface area contributed by atoms with Gasteiger partial charge in [0, 0.05) is 0 Å². The van der Waals surface area contributed by atoms with E-state index in [9.17, 15) is 0 Å². The minimum Gasteiger partial charge on any atom is -2.00 e. The summed E-state index contributed by atoms with van der Waals surface area (Å²) in [6.45, 7) is 0. The molecule has 0 spiro atoms. The van der Waals surface area contributed by atoms with Crippen molar-refractivity contribution in [3.8, 4) is 0 Å². The second kappa shape index (κ2) is 40.1. The second-order valence-corrected chi connectivity index (χ2v) is 0. The molecule has 0 unspecified atom stereocenters. The monoisotopic (exact) mass is 136 g/mol. The van der Waals surface area contributed by atoms with Crippen molar-refractivity contribution in [3.05, 3.63) is 0 Å². The fourth-order valence-corrected chi connectivity index (χ4v) is 0. The zero-order valence-electron chi connectivity index (χ0n) is 2.43. The zero-order chi connectivity index (χ0) is 0. The van der Waals surface area contributed by atoms with Gasteiger partial charge in [-0.1, -0.05) is 0 Å². The van der Waals surface area contributed by atoms with E-state index < -0.39 is 0 Å². The maximum absolute atomic E-state index is 0. The van der Waals surface area contributed by atoms with Crippen molar-refractivity contribution in [2.45, 2.75) is 0 Å². The Morgan fingerprint density at radius 3 is 0.600 bits per heavy atom. The largest absolute Gasteiger partial charge is 4.00 e. The summed E-state index contributed by atoms with van der Waals surface area (Å²) in [6.07, 6.45) is 0. The van der Waals surface area contributed by atoms with Crippen LogP contribution in [-0.4, -0.2) is 37.7 Å². The first-order valence-corrected chi connectivity index (χ1v) is 0. The Kier molecular flexibility index (Phi) is 548. The average molecular weight is 136 g/mol. The predicted octanol–water partition coefficient (Wildman–Crippen LogP) is -0.740. The molecule has 0 aliphatic rings. The molecule has 0 saturated heterocycles. The molecule has 0 fully saturated rings. The van der Waals surface area contributed by atoms with E-state index >= 15 is 0 Å². The van der Waals surface area contributed by atoms with E-state index in [0.29, 0.717) is 0 Å². The first-order chi connectivity index (χ1) is 0. The summed E-state index contributed by atoms with van der Waals surface area (Å²) in [6, 6.07) is 0. The van der Waals surface area contributed by atoms with Gasteiger partial charge in [0.2, 0.25) is 0 Å². The molecule has 5 heteroatoms. The molecule has 5 heavy (non-hydrogen) atoms. The summed E-state index contributed by atoms with van der Waals surface area (Å²) in [5, 5.41) is 0. The minimum absolute atomic E-state index is 0. The molecule has 0 aromatic rings. The third-order valence-electron chi connectivity index (χ3n) is 0. The van der Waals surface area contributed by atoms with Crippen molar-refractivity contribution < 1.29 is 38.1 Å². The maximum atomic E-state index is 0. The first-order valence-electron chi connectivity index (χ1n) is 0. The Morgan fingerprint density at radius 2 is 0.600 bits per heavy atom. The van der Waals surface area contributed by atoms with Crippen LogP contribution in [-0.2, 0) is 38.1 Å². The van der Waals surface area contributed by atoms with E-state index in [1.165, 1.54) is 0 Å². The van der Waals surface area contributed by atoms with Crippen molar-refractivity contribution >= 4 is 37.7 Å². The van der Waals surface area contributed by atoms with Gasteiger partial charge < -0.3 is 16.4 Å². The van der Waals surface area contributed by atoms with Gasteiger partial charge in [-0.25, -0.2) is 0 Å². The molecule has 0 amide bonds. The molecule has 0 atom stereocenters. The Labute approximate surface area is 74.9 Å². The molecule has 3 nitrogen and oxygen atoms in total. The summed E-state index contributed by atoms with van der Waals surface area (Å²) in [7, 11) is 0. The fraction of sp³-hybridized carbons (Fsp3) is 0. The van der Waals surface area contributed by atoms with E-state index in [1.54, 1.807) is 0 Å². The van der Waals surface area contributed by atoms with E-state index in [0.717, 1.165) is 0 Å². The summed E-state index contributed by atoms with van der Waals surface area (Å²) in [5.41, 5.74) is 0. The Bertz CT molecular complexity index is 6.85. The van der Waals surface area contributed by atoms with E-state index in [4.69, 9.17) is 0 Å². The van der Waals surface area contributed by atoms with Crippen LogP contribution in [0.5, 0.6) is 0 Å². The Morgan fingerprint density at radius 1 is 0.600 bits per heavy atom. The van der Waals surface area contributed by atoms with Crippen molar-refractivity contribution in [1.82, 2.24) is 0 Å². The van der Waals surface area contributed by atoms with Crippen molar-refractivity contribution in [3.63, 3.8) is 0 Å². The maximum Gasteiger partial charge on any atom is 4.00 e. The quantitative estimate of drug-likeness (QED) is 0.392. The van der Waals surface area contributed by atoms with Crippen LogP contribution in [0.2, 0.25) is 0 Å². The van der Waals surface area contributed by atoms with Crippen molar-refractivity contribution in [2.24, 2.45) is 0 Å². The molecular formula is CaO3Ti. The molecule has 0 aliphatic heterocycles.